The van der Waals surface area contributed by atoms with E-state index in [2.05, 4.69) is 10.2 Å². The van der Waals surface area contributed by atoms with Crippen LogP contribution in [0, 0.1) is 5.92 Å². The molecule has 0 bridgehead atoms. The van der Waals surface area contributed by atoms with Crippen LogP contribution in [0.25, 0.3) is 0 Å². The minimum atomic E-state index is -1.17. The first kappa shape index (κ1) is 9.16. The number of alkyl halides is 1. The van der Waals surface area contributed by atoms with Crippen molar-refractivity contribution in [3.63, 3.8) is 0 Å². The standard InChI is InChI=1S/C8H13FN2O/c1-5(2)4-7-10-11-8(12-7)6(3)9/h5-6H,4H2,1-3H3. The smallest absolute Gasteiger partial charge is 0.250 e. The first-order chi connectivity index (χ1) is 5.59. The van der Waals surface area contributed by atoms with Crippen LogP contribution in [-0.4, -0.2) is 10.2 Å². The van der Waals surface area contributed by atoms with E-state index in [1.54, 1.807) is 0 Å². The van der Waals surface area contributed by atoms with Crippen molar-refractivity contribution in [2.45, 2.75) is 33.4 Å². The molecule has 0 aliphatic heterocycles. The van der Waals surface area contributed by atoms with E-state index in [1.807, 2.05) is 13.8 Å². The third kappa shape index (κ3) is 2.29. The molecule has 1 heterocycles. The zero-order chi connectivity index (χ0) is 9.14. The van der Waals surface area contributed by atoms with Crippen LogP contribution in [0.15, 0.2) is 4.42 Å². The topological polar surface area (TPSA) is 38.9 Å². The van der Waals surface area contributed by atoms with E-state index in [0.717, 1.165) is 0 Å². The van der Waals surface area contributed by atoms with Gasteiger partial charge in [-0.3, -0.25) is 0 Å². The minimum absolute atomic E-state index is 0.0747. The second-order valence-electron chi connectivity index (χ2n) is 3.25. The summed E-state index contributed by atoms with van der Waals surface area (Å²) in [6, 6.07) is 0. The Morgan fingerprint density at radius 2 is 2.00 bits per heavy atom. The Kier molecular flexibility index (Phi) is 2.78. The van der Waals surface area contributed by atoms with Crippen molar-refractivity contribution in [2.24, 2.45) is 5.92 Å². The molecule has 1 rings (SSSR count). The van der Waals surface area contributed by atoms with Crippen molar-refractivity contribution < 1.29 is 8.81 Å². The largest absolute Gasteiger partial charge is 0.422 e. The molecular weight excluding hydrogens is 159 g/mol. The van der Waals surface area contributed by atoms with Crippen LogP contribution in [0.1, 0.15) is 38.7 Å². The maximum Gasteiger partial charge on any atom is 0.250 e. The van der Waals surface area contributed by atoms with E-state index >= 15 is 0 Å². The first-order valence-electron chi connectivity index (χ1n) is 4.06. The van der Waals surface area contributed by atoms with Gasteiger partial charge in [-0.25, -0.2) is 4.39 Å². The monoisotopic (exact) mass is 172 g/mol. The SMILES string of the molecule is CC(C)Cc1nnc(C(C)F)o1. The van der Waals surface area contributed by atoms with Gasteiger partial charge in [0.2, 0.25) is 11.8 Å². The quantitative estimate of drug-likeness (QED) is 0.702. The molecule has 4 heteroatoms. The van der Waals surface area contributed by atoms with Crippen molar-refractivity contribution >= 4 is 0 Å². The van der Waals surface area contributed by atoms with Crippen LogP contribution in [0.3, 0.4) is 0 Å². The second kappa shape index (κ2) is 3.65. The van der Waals surface area contributed by atoms with Gasteiger partial charge < -0.3 is 4.42 Å². The van der Waals surface area contributed by atoms with Crippen LogP contribution >= 0.6 is 0 Å². The highest BCUT2D eigenvalue weighted by Crippen LogP contribution is 2.15. The number of hydrogen-bond acceptors (Lipinski definition) is 3. The van der Waals surface area contributed by atoms with Crippen LogP contribution in [-0.2, 0) is 6.42 Å². The molecule has 0 saturated heterocycles. The Bertz CT molecular complexity index is 245. The van der Waals surface area contributed by atoms with Gasteiger partial charge in [-0.1, -0.05) is 13.8 Å². The highest BCUT2D eigenvalue weighted by molar-refractivity contribution is 4.85. The summed E-state index contributed by atoms with van der Waals surface area (Å²) in [5.41, 5.74) is 0. The van der Waals surface area contributed by atoms with E-state index < -0.39 is 6.17 Å². The molecule has 0 saturated carbocycles. The molecule has 0 radical (unpaired) electrons. The summed E-state index contributed by atoms with van der Waals surface area (Å²) in [5.74, 6) is 1.04. The summed E-state index contributed by atoms with van der Waals surface area (Å²) < 4.78 is 17.6. The normalized spacial score (nSPS) is 13.8. The number of hydrogen-bond donors (Lipinski definition) is 0. The van der Waals surface area contributed by atoms with E-state index in [0.29, 0.717) is 18.2 Å². The second-order valence-corrected chi connectivity index (χ2v) is 3.25. The van der Waals surface area contributed by atoms with Gasteiger partial charge in [0, 0.05) is 6.42 Å². The molecule has 0 amide bonds. The van der Waals surface area contributed by atoms with E-state index in [-0.39, 0.29) is 5.89 Å². The number of halogens is 1. The summed E-state index contributed by atoms with van der Waals surface area (Å²) in [4.78, 5) is 0. The molecule has 68 valence electrons. The minimum Gasteiger partial charge on any atom is -0.422 e. The zero-order valence-corrected chi connectivity index (χ0v) is 7.54. The molecule has 1 aromatic rings. The van der Waals surface area contributed by atoms with Crippen molar-refractivity contribution in [1.82, 2.24) is 10.2 Å². The van der Waals surface area contributed by atoms with Gasteiger partial charge in [-0.2, -0.15) is 0 Å². The molecule has 0 aromatic carbocycles. The Labute approximate surface area is 71.0 Å². The van der Waals surface area contributed by atoms with Gasteiger partial charge >= 0.3 is 0 Å². The van der Waals surface area contributed by atoms with E-state index in [4.69, 9.17) is 4.42 Å². The van der Waals surface area contributed by atoms with Gasteiger partial charge in [-0.15, -0.1) is 10.2 Å². The van der Waals surface area contributed by atoms with Crippen molar-refractivity contribution in [3.05, 3.63) is 11.8 Å². The van der Waals surface area contributed by atoms with Crippen LogP contribution in [0.4, 0.5) is 4.39 Å². The van der Waals surface area contributed by atoms with Crippen molar-refractivity contribution in [2.75, 3.05) is 0 Å². The average Bonchev–Trinajstić information content (AvgIpc) is 2.34. The molecule has 0 aliphatic rings. The number of rotatable bonds is 3. The molecule has 0 aliphatic carbocycles. The van der Waals surface area contributed by atoms with E-state index in [9.17, 15) is 4.39 Å². The Morgan fingerprint density at radius 1 is 1.33 bits per heavy atom. The zero-order valence-electron chi connectivity index (χ0n) is 7.54. The van der Waals surface area contributed by atoms with Crippen molar-refractivity contribution in [3.8, 4) is 0 Å². The third-order valence-electron chi connectivity index (χ3n) is 1.41. The predicted octanol–water partition coefficient (Wildman–Crippen LogP) is 2.30. The summed E-state index contributed by atoms with van der Waals surface area (Å²) in [5, 5.41) is 7.30. The molecule has 0 spiro atoms. The van der Waals surface area contributed by atoms with Gasteiger partial charge in [0.25, 0.3) is 0 Å². The van der Waals surface area contributed by atoms with Crippen LogP contribution in [0.5, 0.6) is 0 Å². The fourth-order valence-corrected chi connectivity index (χ4v) is 0.859. The number of nitrogens with zero attached hydrogens (tertiary/aromatic N) is 2. The lowest BCUT2D eigenvalue weighted by Crippen LogP contribution is -1.93. The fourth-order valence-electron chi connectivity index (χ4n) is 0.859. The van der Waals surface area contributed by atoms with Gasteiger partial charge in [0.1, 0.15) is 0 Å². The summed E-state index contributed by atoms with van der Waals surface area (Å²) in [7, 11) is 0. The van der Waals surface area contributed by atoms with Crippen LogP contribution < -0.4 is 0 Å². The Balaban J connectivity index is 2.64. The molecule has 1 atom stereocenters. The van der Waals surface area contributed by atoms with Gasteiger partial charge in [0.05, 0.1) is 0 Å². The maximum atomic E-state index is 12.6. The van der Waals surface area contributed by atoms with Crippen LogP contribution in [0.2, 0.25) is 0 Å². The average molecular weight is 172 g/mol. The first-order valence-corrected chi connectivity index (χ1v) is 4.06. The molecule has 0 fully saturated rings. The predicted molar refractivity (Wildman–Crippen MR) is 42.4 cm³/mol. The third-order valence-corrected chi connectivity index (χ3v) is 1.41. The summed E-state index contributed by atoms with van der Waals surface area (Å²) in [6.45, 7) is 5.47. The molecule has 12 heavy (non-hydrogen) atoms. The van der Waals surface area contributed by atoms with Gasteiger partial charge in [-0.05, 0) is 12.8 Å². The van der Waals surface area contributed by atoms with Crippen molar-refractivity contribution in [1.29, 1.82) is 0 Å². The number of aromatic nitrogens is 2. The highest BCUT2D eigenvalue weighted by atomic mass is 19.1. The Morgan fingerprint density at radius 3 is 2.42 bits per heavy atom. The molecule has 3 nitrogen and oxygen atoms in total. The summed E-state index contributed by atoms with van der Waals surface area (Å²) >= 11 is 0. The van der Waals surface area contributed by atoms with Gasteiger partial charge in [0.15, 0.2) is 6.17 Å². The lowest BCUT2D eigenvalue weighted by atomic mass is 10.1. The molecule has 1 unspecified atom stereocenters. The lowest BCUT2D eigenvalue weighted by Gasteiger charge is -1.97. The highest BCUT2D eigenvalue weighted by Gasteiger charge is 2.12. The Hall–Kier alpha value is -0.930. The van der Waals surface area contributed by atoms with E-state index in [1.165, 1.54) is 6.92 Å². The maximum absolute atomic E-state index is 12.6. The molecule has 1 aromatic heterocycles. The molecular formula is C8H13FN2O. The fraction of sp³-hybridized carbons (Fsp3) is 0.750. The lowest BCUT2D eigenvalue weighted by molar-refractivity contribution is 0.288. The molecule has 0 N–H and O–H groups in total. The summed E-state index contributed by atoms with van der Waals surface area (Å²) in [6.07, 6.45) is -0.460.